The van der Waals surface area contributed by atoms with Gasteiger partial charge < -0.3 is 0 Å². The number of hydrogen-bond acceptors (Lipinski definition) is 1. The molecule has 0 spiro atoms. The van der Waals surface area contributed by atoms with E-state index in [1.165, 1.54) is 6.42 Å². The molecule has 98 valence electrons. The number of halogens is 2. The maximum atomic E-state index is 12.6. The van der Waals surface area contributed by atoms with Crippen LogP contribution in [-0.4, -0.2) is 5.78 Å². The van der Waals surface area contributed by atoms with Gasteiger partial charge in [-0.2, -0.15) is 0 Å². The first-order chi connectivity index (χ1) is 8.49. The Balaban J connectivity index is 2.26. The molecule has 1 fully saturated rings. The van der Waals surface area contributed by atoms with Gasteiger partial charge in [-0.25, -0.2) is 0 Å². The molecule has 0 heterocycles. The molecule has 0 aliphatic heterocycles. The average molecular weight is 285 g/mol. The van der Waals surface area contributed by atoms with Gasteiger partial charge in [0.25, 0.3) is 0 Å². The van der Waals surface area contributed by atoms with Crippen molar-refractivity contribution in [2.45, 2.75) is 33.1 Å². The molecule has 1 saturated carbocycles. The van der Waals surface area contributed by atoms with Crippen molar-refractivity contribution in [1.29, 1.82) is 0 Å². The number of ketones is 1. The SMILES string of the molecule is CC1CC(C)CC(C(=O)c2c(Cl)cccc2Cl)C1. The van der Waals surface area contributed by atoms with Crippen LogP contribution < -0.4 is 0 Å². The number of rotatable bonds is 2. The number of carbonyl (C=O) groups excluding carboxylic acids is 1. The minimum Gasteiger partial charge on any atom is -0.294 e. The van der Waals surface area contributed by atoms with Crippen molar-refractivity contribution < 1.29 is 4.79 Å². The molecule has 1 aromatic carbocycles. The number of hydrogen-bond donors (Lipinski definition) is 0. The molecule has 0 radical (unpaired) electrons. The molecule has 0 aromatic heterocycles. The van der Waals surface area contributed by atoms with E-state index in [0.29, 0.717) is 27.4 Å². The summed E-state index contributed by atoms with van der Waals surface area (Å²) in [6.07, 6.45) is 3.11. The van der Waals surface area contributed by atoms with Crippen molar-refractivity contribution in [2.24, 2.45) is 17.8 Å². The van der Waals surface area contributed by atoms with Gasteiger partial charge in [0.1, 0.15) is 0 Å². The second kappa shape index (κ2) is 5.63. The van der Waals surface area contributed by atoms with Gasteiger partial charge in [-0.3, -0.25) is 4.79 Å². The Labute approximate surface area is 118 Å². The highest BCUT2D eigenvalue weighted by Gasteiger charge is 2.31. The van der Waals surface area contributed by atoms with Crippen molar-refractivity contribution in [3.8, 4) is 0 Å². The van der Waals surface area contributed by atoms with Crippen LogP contribution in [0.1, 0.15) is 43.5 Å². The summed E-state index contributed by atoms with van der Waals surface area (Å²) in [7, 11) is 0. The van der Waals surface area contributed by atoms with E-state index in [2.05, 4.69) is 13.8 Å². The van der Waals surface area contributed by atoms with Crippen LogP contribution in [0.15, 0.2) is 18.2 Å². The van der Waals surface area contributed by atoms with Crippen LogP contribution >= 0.6 is 23.2 Å². The summed E-state index contributed by atoms with van der Waals surface area (Å²) in [5.41, 5.74) is 0.507. The van der Waals surface area contributed by atoms with Crippen LogP contribution in [0, 0.1) is 17.8 Å². The molecular weight excluding hydrogens is 267 g/mol. The topological polar surface area (TPSA) is 17.1 Å². The van der Waals surface area contributed by atoms with E-state index in [0.717, 1.165) is 12.8 Å². The zero-order valence-corrected chi connectivity index (χ0v) is 12.3. The van der Waals surface area contributed by atoms with Crippen molar-refractivity contribution in [2.75, 3.05) is 0 Å². The van der Waals surface area contributed by atoms with Gasteiger partial charge in [-0.15, -0.1) is 0 Å². The quantitative estimate of drug-likeness (QED) is 0.678. The zero-order valence-electron chi connectivity index (χ0n) is 10.7. The molecule has 2 unspecified atom stereocenters. The molecule has 3 heteroatoms. The Morgan fingerprint density at radius 2 is 1.56 bits per heavy atom. The second-order valence-electron chi connectivity index (χ2n) is 5.58. The molecule has 1 aromatic rings. The number of Topliss-reactive ketones (excluding diaryl/α,β-unsaturated/α-hetero) is 1. The lowest BCUT2D eigenvalue weighted by Gasteiger charge is -2.30. The Kier molecular flexibility index (Phi) is 4.34. The van der Waals surface area contributed by atoms with Crippen molar-refractivity contribution in [1.82, 2.24) is 0 Å². The smallest absolute Gasteiger partial charge is 0.168 e. The third-order valence-electron chi connectivity index (χ3n) is 3.76. The highest BCUT2D eigenvalue weighted by Crippen LogP contribution is 2.37. The molecule has 18 heavy (non-hydrogen) atoms. The molecule has 0 N–H and O–H groups in total. The summed E-state index contributed by atoms with van der Waals surface area (Å²) >= 11 is 12.2. The molecule has 1 nitrogen and oxygen atoms in total. The van der Waals surface area contributed by atoms with Gasteiger partial charge >= 0.3 is 0 Å². The minimum atomic E-state index is 0.0705. The van der Waals surface area contributed by atoms with Crippen LogP contribution in [0.5, 0.6) is 0 Å². The minimum absolute atomic E-state index is 0.0705. The van der Waals surface area contributed by atoms with Gasteiger partial charge in [0.15, 0.2) is 5.78 Å². The molecule has 2 rings (SSSR count). The highest BCUT2D eigenvalue weighted by atomic mass is 35.5. The first-order valence-corrected chi connectivity index (χ1v) is 7.22. The molecule has 1 aliphatic rings. The highest BCUT2D eigenvalue weighted by molar-refractivity contribution is 6.39. The van der Waals surface area contributed by atoms with E-state index >= 15 is 0 Å². The summed E-state index contributed by atoms with van der Waals surface area (Å²) in [6.45, 7) is 4.42. The van der Waals surface area contributed by atoms with Gasteiger partial charge in [0.05, 0.1) is 15.6 Å². The molecule has 2 atom stereocenters. The Bertz CT molecular complexity index is 426. The van der Waals surface area contributed by atoms with Crippen molar-refractivity contribution in [3.63, 3.8) is 0 Å². The van der Waals surface area contributed by atoms with Crippen molar-refractivity contribution in [3.05, 3.63) is 33.8 Å². The van der Waals surface area contributed by atoms with Crippen LogP contribution in [0.3, 0.4) is 0 Å². The lowest BCUT2D eigenvalue weighted by molar-refractivity contribution is 0.0836. The Morgan fingerprint density at radius 1 is 1.06 bits per heavy atom. The van der Waals surface area contributed by atoms with Crippen LogP contribution in [-0.2, 0) is 0 Å². The Hall–Kier alpha value is -0.530. The normalized spacial score (nSPS) is 28.1. The number of benzene rings is 1. The predicted octanol–water partition coefficient (Wildman–Crippen LogP) is 5.25. The third-order valence-corrected chi connectivity index (χ3v) is 4.39. The molecule has 0 saturated heterocycles. The van der Waals surface area contributed by atoms with E-state index in [9.17, 15) is 4.79 Å². The fourth-order valence-corrected chi connectivity index (χ4v) is 3.68. The summed E-state index contributed by atoms with van der Waals surface area (Å²) in [6, 6.07) is 5.24. The lowest BCUT2D eigenvalue weighted by atomic mass is 9.74. The fraction of sp³-hybridized carbons (Fsp3) is 0.533. The third kappa shape index (κ3) is 2.89. The van der Waals surface area contributed by atoms with Crippen LogP contribution in [0.4, 0.5) is 0 Å². The molecule has 0 bridgehead atoms. The van der Waals surface area contributed by atoms with E-state index < -0.39 is 0 Å². The molecular formula is C15H18Cl2O. The fourth-order valence-electron chi connectivity index (χ4n) is 3.10. The van der Waals surface area contributed by atoms with Gasteiger partial charge in [-0.05, 0) is 43.2 Å². The largest absolute Gasteiger partial charge is 0.294 e. The summed E-state index contributed by atoms with van der Waals surface area (Å²) in [5, 5.41) is 0.941. The summed E-state index contributed by atoms with van der Waals surface area (Å²) < 4.78 is 0. The molecule has 1 aliphatic carbocycles. The van der Waals surface area contributed by atoms with E-state index in [-0.39, 0.29) is 11.7 Å². The van der Waals surface area contributed by atoms with E-state index in [1.807, 2.05) is 0 Å². The van der Waals surface area contributed by atoms with E-state index in [4.69, 9.17) is 23.2 Å². The summed E-state index contributed by atoms with van der Waals surface area (Å²) in [5.74, 6) is 1.39. The number of carbonyl (C=O) groups is 1. The Morgan fingerprint density at radius 3 is 2.06 bits per heavy atom. The monoisotopic (exact) mass is 284 g/mol. The molecule has 0 amide bonds. The predicted molar refractivity (Wildman–Crippen MR) is 76.5 cm³/mol. The van der Waals surface area contributed by atoms with Gasteiger partial charge in [-0.1, -0.05) is 43.1 Å². The van der Waals surface area contributed by atoms with Gasteiger partial charge in [0.2, 0.25) is 0 Å². The van der Waals surface area contributed by atoms with Crippen LogP contribution in [0.2, 0.25) is 10.0 Å². The van der Waals surface area contributed by atoms with Crippen LogP contribution in [0.25, 0.3) is 0 Å². The first kappa shape index (κ1) is 13.9. The van der Waals surface area contributed by atoms with E-state index in [1.54, 1.807) is 18.2 Å². The lowest BCUT2D eigenvalue weighted by Crippen LogP contribution is -2.26. The zero-order chi connectivity index (χ0) is 13.3. The van der Waals surface area contributed by atoms with Gasteiger partial charge in [0, 0.05) is 5.92 Å². The van der Waals surface area contributed by atoms with Crippen molar-refractivity contribution >= 4 is 29.0 Å². The maximum absolute atomic E-state index is 12.6. The maximum Gasteiger partial charge on any atom is 0.168 e. The second-order valence-corrected chi connectivity index (χ2v) is 6.39. The first-order valence-electron chi connectivity index (χ1n) is 6.47. The summed E-state index contributed by atoms with van der Waals surface area (Å²) in [4.78, 5) is 12.6. The average Bonchev–Trinajstić information content (AvgIpc) is 2.27. The standard InChI is InChI=1S/C15H18Cl2O/c1-9-6-10(2)8-11(7-9)15(18)14-12(16)4-3-5-13(14)17/h3-5,9-11H,6-8H2,1-2H3.